The number of nitrogens with one attached hydrogen (secondary N) is 1. The van der Waals surface area contributed by atoms with Gasteiger partial charge in [0.05, 0.1) is 12.7 Å². The summed E-state index contributed by atoms with van der Waals surface area (Å²) in [7, 11) is 1.77. The molecule has 1 N–H and O–H groups in total. The molecule has 0 saturated carbocycles. The van der Waals surface area contributed by atoms with E-state index >= 15 is 0 Å². The Labute approximate surface area is 124 Å². The van der Waals surface area contributed by atoms with Crippen molar-refractivity contribution in [2.75, 3.05) is 13.6 Å². The molecule has 0 aromatic heterocycles. The Bertz CT molecular complexity index is 558. The lowest BCUT2D eigenvalue weighted by atomic mass is 9.99. The maximum atomic E-state index is 12.3. The van der Waals surface area contributed by atoms with Crippen LogP contribution < -0.4 is 5.32 Å². The molecule has 0 radical (unpaired) electrons. The highest BCUT2D eigenvalue weighted by Gasteiger charge is 2.31. The van der Waals surface area contributed by atoms with Crippen LogP contribution in [0.2, 0.25) is 0 Å². The maximum Gasteiger partial charge on any atom is 0.244 e. The van der Waals surface area contributed by atoms with Crippen molar-refractivity contribution in [1.29, 1.82) is 0 Å². The van der Waals surface area contributed by atoms with Gasteiger partial charge in [-0.25, -0.2) is 0 Å². The van der Waals surface area contributed by atoms with Crippen molar-refractivity contribution < 1.29 is 14.3 Å². The number of fused-ring (bicyclic) bond motifs is 1. The van der Waals surface area contributed by atoms with Crippen LogP contribution in [0.15, 0.2) is 24.3 Å². The van der Waals surface area contributed by atoms with Gasteiger partial charge < -0.3 is 15.0 Å². The van der Waals surface area contributed by atoms with Crippen molar-refractivity contribution in [2.45, 2.75) is 38.0 Å². The number of hydrogen-bond donors (Lipinski definition) is 1. The minimum atomic E-state index is -0.363. The number of rotatable bonds is 3. The van der Waals surface area contributed by atoms with E-state index in [4.69, 9.17) is 4.74 Å². The topological polar surface area (TPSA) is 58.6 Å². The highest BCUT2D eigenvalue weighted by atomic mass is 16.5. The summed E-state index contributed by atoms with van der Waals surface area (Å²) in [5.74, 6) is -0.0621. The molecular formula is C16H20N2O3. The predicted molar refractivity (Wildman–Crippen MR) is 77.5 cm³/mol. The van der Waals surface area contributed by atoms with Gasteiger partial charge in [-0.05, 0) is 17.5 Å². The average molecular weight is 288 g/mol. The minimum absolute atomic E-state index is 0.0194. The summed E-state index contributed by atoms with van der Waals surface area (Å²) in [6.07, 6.45) is 1.88. The summed E-state index contributed by atoms with van der Waals surface area (Å²) in [5.41, 5.74) is 2.52. The molecule has 5 nitrogen and oxygen atoms in total. The Morgan fingerprint density at radius 2 is 2.14 bits per heavy atom. The van der Waals surface area contributed by atoms with Crippen molar-refractivity contribution in [1.82, 2.24) is 10.2 Å². The lowest BCUT2D eigenvalue weighted by Gasteiger charge is -2.30. The molecule has 0 spiro atoms. The van der Waals surface area contributed by atoms with Gasteiger partial charge >= 0.3 is 0 Å². The quantitative estimate of drug-likeness (QED) is 0.897. The lowest BCUT2D eigenvalue weighted by molar-refractivity contribution is -0.135. The van der Waals surface area contributed by atoms with Gasteiger partial charge in [-0.3, -0.25) is 9.59 Å². The van der Waals surface area contributed by atoms with E-state index in [1.807, 2.05) is 12.1 Å². The first-order valence-corrected chi connectivity index (χ1v) is 7.36. The third kappa shape index (κ3) is 3.08. The molecule has 1 fully saturated rings. The number of benzene rings is 1. The van der Waals surface area contributed by atoms with Crippen LogP contribution in [-0.4, -0.2) is 42.5 Å². The maximum absolute atomic E-state index is 12.3. The van der Waals surface area contributed by atoms with Crippen molar-refractivity contribution in [2.24, 2.45) is 0 Å². The van der Waals surface area contributed by atoms with Crippen molar-refractivity contribution in [3.8, 4) is 0 Å². The highest BCUT2D eigenvalue weighted by Crippen LogP contribution is 2.21. The van der Waals surface area contributed by atoms with Crippen LogP contribution in [0.1, 0.15) is 24.0 Å². The van der Waals surface area contributed by atoms with Crippen LogP contribution in [-0.2, 0) is 27.4 Å². The number of carbonyl (C=O) groups is 2. The summed E-state index contributed by atoms with van der Waals surface area (Å²) >= 11 is 0. The zero-order valence-corrected chi connectivity index (χ0v) is 12.2. The lowest BCUT2D eigenvalue weighted by Crippen LogP contribution is -2.46. The fraction of sp³-hybridized carbons (Fsp3) is 0.500. The van der Waals surface area contributed by atoms with E-state index in [0.29, 0.717) is 26.0 Å². The van der Waals surface area contributed by atoms with Crippen LogP contribution >= 0.6 is 0 Å². The molecule has 1 aromatic carbocycles. The fourth-order valence-corrected chi connectivity index (χ4v) is 2.99. The van der Waals surface area contributed by atoms with E-state index in [-0.39, 0.29) is 24.0 Å². The molecule has 2 amide bonds. The normalized spacial score (nSPS) is 24.3. The number of carbonyl (C=O) groups excluding carboxylic acids is 2. The zero-order valence-electron chi connectivity index (χ0n) is 12.2. The third-order valence-corrected chi connectivity index (χ3v) is 4.19. The van der Waals surface area contributed by atoms with Crippen LogP contribution in [0.25, 0.3) is 0 Å². The van der Waals surface area contributed by atoms with E-state index in [0.717, 1.165) is 6.42 Å². The Kier molecular flexibility index (Phi) is 3.92. The van der Waals surface area contributed by atoms with Crippen molar-refractivity contribution in [3.63, 3.8) is 0 Å². The van der Waals surface area contributed by atoms with Gasteiger partial charge in [0.15, 0.2) is 0 Å². The summed E-state index contributed by atoms with van der Waals surface area (Å²) < 4.78 is 5.83. The first-order chi connectivity index (χ1) is 10.1. The number of ether oxygens (including phenoxy) is 1. The van der Waals surface area contributed by atoms with Gasteiger partial charge in [0.25, 0.3) is 0 Å². The van der Waals surface area contributed by atoms with E-state index in [9.17, 15) is 9.59 Å². The first kappa shape index (κ1) is 14.1. The molecule has 0 bridgehead atoms. The molecule has 2 unspecified atom stereocenters. The van der Waals surface area contributed by atoms with Crippen LogP contribution in [0.4, 0.5) is 0 Å². The summed E-state index contributed by atoms with van der Waals surface area (Å²) in [5, 5.41) is 2.72. The Balaban J connectivity index is 1.57. The molecule has 2 heterocycles. The molecular weight excluding hydrogens is 268 g/mol. The van der Waals surface area contributed by atoms with Gasteiger partial charge in [-0.1, -0.05) is 24.3 Å². The van der Waals surface area contributed by atoms with E-state index < -0.39 is 0 Å². The van der Waals surface area contributed by atoms with E-state index in [1.165, 1.54) is 11.1 Å². The second kappa shape index (κ2) is 5.85. The molecule has 2 atom stereocenters. The molecule has 21 heavy (non-hydrogen) atoms. The summed E-state index contributed by atoms with van der Waals surface area (Å²) in [6.45, 7) is 1.16. The minimum Gasteiger partial charge on any atom is -0.371 e. The Morgan fingerprint density at radius 3 is 2.86 bits per heavy atom. The molecule has 2 aliphatic heterocycles. The zero-order chi connectivity index (χ0) is 14.8. The standard InChI is InChI=1S/C16H20N2O3/c1-18(16(20)14-6-7-15(19)17-14)9-13-8-11-4-2-3-5-12(11)10-21-13/h2-5,13-14H,6-10H2,1H3,(H,17,19). The van der Waals surface area contributed by atoms with Crippen molar-refractivity contribution >= 4 is 11.8 Å². The number of likely N-dealkylation sites (N-methyl/N-ethyl adjacent to an activating group) is 1. The van der Waals surface area contributed by atoms with Gasteiger partial charge in [0.2, 0.25) is 11.8 Å². The van der Waals surface area contributed by atoms with Crippen LogP contribution in [0.3, 0.4) is 0 Å². The fourth-order valence-electron chi connectivity index (χ4n) is 2.99. The van der Waals surface area contributed by atoms with Crippen LogP contribution in [0, 0.1) is 0 Å². The molecule has 112 valence electrons. The SMILES string of the molecule is CN(CC1Cc2ccccc2CO1)C(=O)C1CCC(=O)N1. The first-order valence-electron chi connectivity index (χ1n) is 7.36. The number of nitrogens with zero attached hydrogens (tertiary/aromatic N) is 1. The van der Waals surface area contributed by atoms with E-state index in [1.54, 1.807) is 11.9 Å². The average Bonchev–Trinajstić information content (AvgIpc) is 2.93. The second-order valence-electron chi connectivity index (χ2n) is 5.78. The molecule has 1 aromatic rings. The predicted octanol–water partition coefficient (Wildman–Crippen LogP) is 0.865. The van der Waals surface area contributed by atoms with Crippen LogP contribution in [0.5, 0.6) is 0 Å². The molecule has 3 rings (SSSR count). The molecule has 1 saturated heterocycles. The monoisotopic (exact) mass is 288 g/mol. The number of amides is 2. The largest absolute Gasteiger partial charge is 0.371 e. The van der Waals surface area contributed by atoms with E-state index in [2.05, 4.69) is 17.4 Å². The van der Waals surface area contributed by atoms with Gasteiger partial charge in [-0.2, -0.15) is 0 Å². The number of hydrogen-bond acceptors (Lipinski definition) is 3. The Morgan fingerprint density at radius 1 is 1.38 bits per heavy atom. The van der Waals surface area contributed by atoms with Crippen molar-refractivity contribution in [3.05, 3.63) is 35.4 Å². The Hall–Kier alpha value is -1.88. The smallest absolute Gasteiger partial charge is 0.244 e. The second-order valence-corrected chi connectivity index (χ2v) is 5.78. The third-order valence-electron chi connectivity index (χ3n) is 4.19. The summed E-state index contributed by atoms with van der Waals surface area (Å²) in [4.78, 5) is 25.1. The summed E-state index contributed by atoms with van der Waals surface area (Å²) in [6, 6.07) is 7.88. The highest BCUT2D eigenvalue weighted by molar-refractivity contribution is 5.90. The molecule has 5 heteroatoms. The van der Waals surface area contributed by atoms with Gasteiger partial charge in [-0.15, -0.1) is 0 Å². The molecule has 2 aliphatic rings. The van der Waals surface area contributed by atoms with Gasteiger partial charge in [0.1, 0.15) is 6.04 Å². The molecule has 0 aliphatic carbocycles. The van der Waals surface area contributed by atoms with Gasteiger partial charge in [0, 0.05) is 26.4 Å².